The van der Waals surface area contributed by atoms with E-state index in [1.54, 1.807) is 17.4 Å². The van der Waals surface area contributed by atoms with Gasteiger partial charge < -0.3 is 9.47 Å². The highest BCUT2D eigenvalue weighted by atomic mass is 35.7. The van der Waals surface area contributed by atoms with E-state index in [0.717, 1.165) is 13.0 Å². The van der Waals surface area contributed by atoms with Crippen molar-refractivity contribution >= 4 is 25.6 Å². The number of amides is 1. The number of imidazole rings is 1. The highest BCUT2D eigenvalue weighted by Gasteiger charge is 2.31. The van der Waals surface area contributed by atoms with Crippen LogP contribution in [0.15, 0.2) is 18.7 Å². The maximum atomic E-state index is 11.7. The largest absolute Gasteiger partial charge is 0.342 e. The molecule has 0 saturated carbocycles. The van der Waals surface area contributed by atoms with Gasteiger partial charge in [-0.15, -0.1) is 0 Å². The van der Waals surface area contributed by atoms with Crippen LogP contribution in [-0.4, -0.2) is 47.6 Å². The average molecular weight is 306 g/mol. The maximum absolute atomic E-state index is 11.7. The third-order valence-electron chi connectivity index (χ3n) is 3.13. The molecule has 0 radical (unpaired) electrons. The smallest absolute Gasteiger partial charge is 0.232 e. The molecule has 1 unspecified atom stereocenters. The minimum Gasteiger partial charge on any atom is -0.342 e. The number of nitrogens with zero attached hydrogens (tertiary/aromatic N) is 3. The number of halogens is 1. The lowest BCUT2D eigenvalue weighted by Gasteiger charge is -2.16. The SMILES string of the molecule is O=C1CC(CS(=O)(=O)Cl)CN1CCCn1ccnc1. The lowest BCUT2D eigenvalue weighted by atomic mass is 10.1. The van der Waals surface area contributed by atoms with Crippen molar-refractivity contribution < 1.29 is 13.2 Å². The molecule has 1 saturated heterocycles. The molecule has 19 heavy (non-hydrogen) atoms. The zero-order chi connectivity index (χ0) is 13.9. The highest BCUT2D eigenvalue weighted by Crippen LogP contribution is 2.21. The number of aromatic nitrogens is 2. The lowest BCUT2D eigenvalue weighted by molar-refractivity contribution is -0.127. The van der Waals surface area contributed by atoms with Crippen LogP contribution in [0.4, 0.5) is 0 Å². The molecule has 1 aliphatic rings. The van der Waals surface area contributed by atoms with Gasteiger partial charge in [-0.3, -0.25) is 4.79 Å². The van der Waals surface area contributed by atoms with Crippen molar-refractivity contribution in [2.24, 2.45) is 5.92 Å². The number of hydrogen-bond donors (Lipinski definition) is 0. The van der Waals surface area contributed by atoms with Crippen molar-refractivity contribution in [1.82, 2.24) is 14.5 Å². The Labute approximate surface area is 116 Å². The normalized spacial score (nSPS) is 20.2. The van der Waals surface area contributed by atoms with E-state index in [1.165, 1.54) is 0 Å². The van der Waals surface area contributed by atoms with Crippen molar-refractivity contribution in [1.29, 1.82) is 0 Å². The third-order valence-corrected chi connectivity index (χ3v) is 4.38. The molecule has 1 aliphatic heterocycles. The average Bonchev–Trinajstić information content (AvgIpc) is 2.87. The van der Waals surface area contributed by atoms with Crippen molar-refractivity contribution in [2.75, 3.05) is 18.8 Å². The molecule has 1 fully saturated rings. The second kappa shape index (κ2) is 5.92. The summed E-state index contributed by atoms with van der Waals surface area (Å²) >= 11 is 0. The van der Waals surface area contributed by atoms with E-state index in [0.29, 0.717) is 13.1 Å². The molecule has 1 aromatic heterocycles. The van der Waals surface area contributed by atoms with Gasteiger partial charge >= 0.3 is 0 Å². The monoisotopic (exact) mass is 305 g/mol. The number of carbonyl (C=O) groups is 1. The number of rotatable bonds is 6. The Balaban J connectivity index is 1.77. The molecule has 1 atom stereocenters. The first-order chi connectivity index (χ1) is 8.94. The van der Waals surface area contributed by atoms with Crippen LogP contribution in [0.1, 0.15) is 12.8 Å². The fraction of sp³-hybridized carbons (Fsp3) is 0.636. The molecule has 0 aromatic carbocycles. The summed E-state index contributed by atoms with van der Waals surface area (Å²) in [7, 11) is 1.68. The van der Waals surface area contributed by atoms with Crippen molar-refractivity contribution in [3.8, 4) is 0 Å². The summed E-state index contributed by atoms with van der Waals surface area (Å²) in [6.45, 7) is 1.91. The second-order valence-corrected chi connectivity index (χ2v) is 7.59. The molecule has 0 N–H and O–H groups in total. The van der Waals surface area contributed by atoms with Crippen molar-refractivity contribution in [3.63, 3.8) is 0 Å². The first kappa shape index (κ1) is 14.3. The highest BCUT2D eigenvalue weighted by molar-refractivity contribution is 8.13. The molecular weight excluding hydrogens is 290 g/mol. The first-order valence-corrected chi connectivity index (χ1v) is 8.58. The standard InChI is InChI=1S/C11H16ClN3O3S/c12-19(17,18)8-10-6-11(16)15(7-10)4-1-3-14-5-2-13-9-14/h2,5,9-10H,1,3-4,6-8H2. The van der Waals surface area contributed by atoms with E-state index in [2.05, 4.69) is 4.98 Å². The molecule has 0 spiro atoms. The molecule has 2 rings (SSSR count). The van der Waals surface area contributed by atoms with Crippen molar-refractivity contribution in [2.45, 2.75) is 19.4 Å². The Hall–Kier alpha value is -1.08. The summed E-state index contributed by atoms with van der Waals surface area (Å²) in [5.74, 6) is -0.294. The van der Waals surface area contributed by atoms with Gasteiger partial charge in [0.15, 0.2) is 0 Å². The van der Waals surface area contributed by atoms with E-state index in [4.69, 9.17) is 10.7 Å². The quantitative estimate of drug-likeness (QED) is 0.725. The van der Waals surface area contributed by atoms with E-state index in [9.17, 15) is 13.2 Å². The zero-order valence-corrected chi connectivity index (χ0v) is 12.0. The summed E-state index contributed by atoms with van der Waals surface area (Å²) in [5, 5.41) is 0. The molecule has 0 aliphatic carbocycles. The Kier molecular flexibility index (Phi) is 4.46. The predicted molar refractivity (Wildman–Crippen MR) is 71.2 cm³/mol. The van der Waals surface area contributed by atoms with Crippen LogP contribution in [0, 0.1) is 5.92 Å². The fourth-order valence-corrected chi connectivity index (χ4v) is 3.65. The molecule has 6 nitrogen and oxygen atoms in total. The van der Waals surface area contributed by atoms with Gasteiger partial charge in [0.05, 0.1) is 12.1 Å². The van der Waals surface area contributed by atoms with Crippen LogP contribution in [0.5, 0.6) is 0 Å². The molecule has 2 heterocycles. The zero-order valence-electron chi connectivity index (χ0n) is 10.4. The Morgan fingerprint density at radius 2 is 2.21 bits per heavy atom. The van der Waals surface area contributed by atoms with Gasteiger partial charge in [-0.1, -0.05) is 0 Å². The molecule has 106 valence electrons. The molecule has 8 heteroatoms. The predicted octanol–water partition coefficient (Wildman–Crippen LogP) is 0.690. The van der Waals surface area contributed by atoms with E-state index >= 15 is 0 Å². The summed E-state index contributed by atoms with van der Waals surface area (Å²) in [6, 6.07) is 0. The Morgan fingerprint density at radius 3 is 2.84 bits per heavy atom. The minimum absolute atomic E-state index is 0.0101. The van der Waals surface area contributed by atoms with Gasteiger partial charge in [-0.25, -0.2) is 13.4 Å². The molecule has 0 bridgehead atoms. The van der Waals surface area contributed by atoms with E-state index < -0.39 is 9.05 Å². The Morgan fingerprint density at radius 1 is 1.42 bits per heavy atom. The number of carbonyl (C=O) groups excluding carboxylic acids is 1. The minimum atomic E-state index is -3.53. The summed E-state index contributed by atoms with van der Waals surface area (Å²) in [4.78, 5) is 17.4. The van der Waals surface area contributed by atoms with Gasteiger partial charge in [0.25, 0.3) is 0 Å². The van der Waals surface area contributed by atoms with Gasteiger partial charge in [0.1, 0.15) is 0 Å². The summed E-state index contributed by atoms with van der Waals surface area (Å²) < 4.78 is 23.9. The Bertz CT molecular complexity index is 529. The van der Waals surface area contributed by atoms with E-state index in [-0.39, 0.29) is 24.0 Å². The van der Waals surface area contributed by atoms with Crippen LogP contribution in [0.2, 0.25) is 0 Å². The van der Waals surface area contributed by atoms with E-state index in [1.807, 2.05) is 10.8 Å². The summed E-state index contributed by atoms with van der Waals surface area (Å²) in [6.07, 6.45) is 6.41. The van der Waals surface area contributed by atoms with Crippen LogP contribution < -0.4 is 0 Å². The topological polar surface area (TPSA) is 72.3 Å². The fourth-order valence-electron chi connectivity index (χ4n) is 2.33. The van der Waals surface area contributed by atoms with Crippen LogP contribution in [0.25, 0.3) is 0 Å². The van der Waals surface area contributed by atoms with Gasteiger partial charge in [-0.05, 0) is 6.42 Å². The number of aryl methyl sites for hydroxylation is 1. The second-order valence-electron chi connectivity index (χ2n) is 4.77. The van der Waals surface area contributed by atoms with Crippen LogP contribution >= 0.6 is 10.7 Å². The van der Waals surface area contributed by atoms with Gasteiger partial charge in [0, 0.05) is 55.0 Å². The van der Waals surface area contributed by atoms with Crippen molar-refractivity contribution in [3.05, 3.63) is 18.7 Å². The number of likely N-dealkylation sites (tertiary alicyclic amines) is 1. The van der Waals surface area contributed by atoms with Gasteiger partial charge in [-0.2, -0.15) is 0 Å². The van der Waals surface area contributed by atoms with Crippen LogP contribution in [0.3, 0.4) is 0 Å². The molecular formula is C11H16ClN3O3S. The maximum Gasteiger partial charge on any atom is 0.232 e. The van der Waals surface area contributed by atoms with Crippen LogP contribution in [-0.2, 0) is 20.4 Å². The lowest BCUT2D eigenvalue weighted by Crippen LogP contribution is -2.27. The molecule has 1 aromatic rings. The van der Waals surface area contributed by atoms with Gasteiger partial charge in [0.2, 0.25) is 15.0 Å². The third kappa shape index (κ3) is 4.50. The number of hydrogen-bond acceptors (Lipinski definition) is 4. The molecule has 1 amide bonds. The first-order valence-electron chi connectivity index (χ1n) is 6.10. The summed E-state index contributed by atoms with van der Waals surface area (Å²) in [5.41, 5.74) is 0.